The molecule has 5 nitrogen and oxygen atoms in total. The Balaban J connectivity index is 2.37. The van der Waals surface area contributed by atoms with E-state index < -0.39 is 15.3 Å². The van der Waals surface area contributed by atoms with Crippen LogP contribution in [0.4, 0.5) is 3.89 Å². The maximum Gasteiger partial charge on any atom is 0.368 e. The Labute approximate surface area is 97.0 Å². The van der Waals surface area contributed by atoms with Gasteiger partial charge in [-0.25, -0.2) is 0 Å². The van der Waals surface area contributed by atoms with E-state index >= 15 is 0 Å². The van der Waals surface area contributed by atoms with Crippen LogP contribution in [0.25, 0.3) is 11.3 Å². The highest BCUT2D eigenvalue weighted by Crippen LogP contribution is 2.24. The summed E-state index contributed by atoms with van der Waals surface area (Å²) in [5.74, 6) is 0.649. The summed E-state index contributed by atoms with van der Waals surface area (Å²) >= 11 is 0. The van der Waals surface area contributed by atoms with E-state index in [0.717, 1.165) is 6.07 Å². The first-order valence-corrected chi connectivity index (χ1v) is 5.95. The van der Waals surface area contributed by atoms with Crippen molar-refractivity contribution in [2.45, 2.75) is 5.09 Å². The van der Waals surface area contributed by atoms with Crippen LogP contribution in [0, 0.1) is 0 Å². The molecule has 0 atom stereocenters. The first-order chi connectivity index (χ1) is 8.00. The van der Waals surface area contributed by atoms with Gasteiger partial charge in [-0.05, 0) is 24.3 Å². The molecule has 2 aromatic rings. The molecular formula is C10H8FNO4S. The van der Waals surface area contributed by atoms with E-state index in [-0.39, 0.29) is 5.69 Å². The molecule has 0 aliphatic heterocycles. The van der Waals surface area contributed by atoms with Crippen LogP contribution < -0.4 is 4.74 Å². The maximum atomic E-state index is 12.6. The zero-order chi connectivity index (χ0) is 12.5. The SMILES string of the molecule is COc1ccc(-c2cc(S(=O)(=O)F)on2)cc1. The van der Waals surface area contributed by atoms with Gasteiger partial charge in [0, 0.05) is 11.6 Å². The number of ether oxygens (including phenoxy) is 1. The Morgan fingerprint density at radius 3 is 2.41 bits per heavy atom. The molecular weight excluding hydrogens is 249 g/mol. The third kappa shape index (κ3) is 2.44. The van der Waals surface area contributed by atoms with E-state index in [1.54, 1.807) is 24.3 Å². The number of benzene rings is 1. The largest absolute Gasteiger partial charge is 0.497 e. The van der Waals surface area contributed by atoms with Gasteiger partial charge in [-0.2, -0.15) is 8.42 Å². The molecule has 0 radical (unpaired) electrons. The lowest BCUT2D eigenvalue weighted by Gasteiger charge is -1.99. The molecule has 7 heteroatoms. The van der Waals surface area contributed by atoms with Crippen LogP contribution in [0.15, 0.2) is 39.9 Å². The lowest BCUT2D eigenvalue weighted by atomic mass is 10.1. The second-order valence-corrected chi connectivity index (χ2v) is 4.48. The molecule has 0 N–H and O–H groups in total. The minimum Gasteiger partial charge on any atom is -0.497 e. The lowest BCUT2D eigenvalue weighted by Crippen LogP contribution is -1.87. The van der Waals surface area contributed by atoms with Gasteiger partial charge >= 0.3 is 10.2 Å². The van der Waals surface area contributed by atoms with Gasteiger partial charge in [0.1, 0.15) is 11.4 Å². The summed E-state index contributed by atoms with van der Waals surface area (Å²) in [6, 6.07) is 7.69. The fraction of sp³-hybridized carbons (Fsp3) is 0.100. The average Bonchev–Trinajstić information content (AvgIpc) is 2.78. The van der Waals surface area contributed by atoms with Crippen molar-refractivity contribution in [2.24, 2.45) is 0 Å². The van der Waals surface area contributed by atoms with Crippen LogP contribution in [-0.2, 0) is 10.2 Å². The highest BCUT2D eigenvalue weighted by molar-refractivity contribution is 7.86. The lowest BCUT2D eigenvalue weighted by molar-refractivity contribution is 0.334. The van der Waals surface area contributed by atoms with Gasteiger partial charge in [-0.15, -0.1) is 0 Å². The van der Waals surface area contributed by atoms with E-state index in [1.807, 2.05) is 0 Å². The van der Waals surface area contributed by atoms with E-state index in [4.69, 9.17) is 4.74 Å². The van der Waals surface area contributed by atoms with Crippen LogP contribution in [0.1, 0.15) is 0 Å². The van der Waals surface area contributed by atoms with Crippen molar-refractivity contribution in [3.05, 3.63) is 30.3 Å². The predicted molar refractivity (Wildman–Crippen MR) is 56.8 cm³/mol. The Kier molecular flexibility index (Phi) is 2.84. The maximum absolute atomic E-state index is 12.6. The van der Waals surface area contributed by atoms with Crippen LogP contribution in [-0.4, -0.2) is 20.7 Å². The standard InChI is InChI=1S/C10H8FNO4S/c1-15-8-4-2-7(3-5-8)9-6-10(16-12-9)17(11,13)14/h2-6H,1H3. The number of halogens is 1. The number of rotatable bonds is 3. The summed E-state index contributed by atoms with van der Waals surface area (Å²) in [6.45, 7) is 0. The zero-order valence-electron chi connectivity index (χ0n) is 8.75. The fourth-order valence-electron chi connectivity index (χ4n) is 1.27. The second-order valence-electron chi connectivity index (χ2n) is 3.20. The number of hydrogen-bond donors (Lipinski definition) is 0. The molecule has 0 amide bonds. The molecule has 0 bridgehead atoms. The van der Waals surface area contributed by atoms with Crippen LogP contribution in [0.3, 0.4) is 0 Å². The third-order valence-electron chi connectivity index (χ3n) is 2.11. The number of aromatic nitrogens is 1. The second kappa shape index (κ2) is 4.17. The molecule has 17 heavy (non-hydrogen) atoms. The molecule has 0 saturated heterocycles. The smallest absolute Gasteiger partial charge is 0.368 e. The molecule has 0 unspecified atom stereocenters. The van der Waals surface area contributed by atoms with Gasteiger partial charge in [0.15, 0.2) is 0 Å². The summed E-state index contributed by atoms with van der Waals surface area (Å²) in [7, 11) is -3.33. The molecule has 0 aliphatic rings. The predicted octanol–water partition coefficient (Wildman–Crippen LogP) is 2.01. The highest BCUT2D eigenvalue weighted by atomic mass is 32.3. The first-order valence-electron chi connectivity index (χ1n) is 4.56. The van der Waals surface area contributed by atoms with Gasteiger partial charge in [0.2, 0.25) is 0 Å². The van der Waals surface area contributed by atoms with Crippen molar-refractivity contribution in [3.8, 4) is 17.0 Å². The number of hydrogen-bond acceptors (Lipinski definition) is 5. The monoisotopic (exact) mass is 257 g/mol. The Morgan fingerprint density at radius 1 is 1.29 bits per heavy atom. The molecule has 1 aromatic carbocycles. The van der Waals surface area contributed by atoms with Crippen LogP contribution in [0.2, 0.25) is 0 Å². The quantitative estimate of drug-likeness (QED) is 0.786. The summed E-state index contributed by atoms with van der Waals surface area (Å²) in [4.78, 5) is 0. The molecule has 1 heterocycles. The van der Waals surface area contributed by atoms with Gasteiger partial charge < -0.3 is 9.26 Å². The molecule has 0 aliphatic carbocycles. The molecule has 0 saturated carbocycles. The number of methoxy groups -OCH3 is 1. The minimum atomic E-state index is -4.86. The summed E-state index contributed by atoms with van der Waals surface area (Å²) in [6.07, 6.45) is 0. The van der Waals surface area contributed by atoms with Gasteiger partial charge in [-0.3, -0.25) is 0 Å². The average molecular weight is 257 g/mol. The Morgan fingerprint density at radius 2 is 1.94 bits per heavy atom. The topological polar surface area (TPSA) is 69.4 Å². The van der Waals surface area contributed by atoms with Gasteiger partial charge in [0.25, 0.3) is 5.09 Å². The Hall–Kier alpha value is -1.89. The van der Waals surface area contributed by atoms with E-state index in [2.05, 4.69) is 9.68 Å². The normalized spacial score (nSPS) is 11.4. The molecule has 2 rings (SSSR count). The fourth-order valence-corrected chi connectivity index (χ4v) is 1.65. The van der Waals surface area contributed by atoms with Crippen molar-refractivity contribution in [3.63, 3.8) is 0 Å². The number of nitrogens with zero attached hydrogens (tertiary/aromatic N) is 1. The highest BCUT2D eigenvalue weighted by Gasteiger charge is 2.19. The summed E-state index contributed by atoms with van der Waals surface area (Å²) in [5.41, 5.74) is 0.841. The summed E-state index contributed by atoms with van der Waals surface area (Å²) < 4.78 is 43.1. The third-order valence-corrected chi connectivity index (χ3v) is 2.79. The van der Waals surface area contributed by atoms with E-state index in [1.165, 1.54) is 7.11 Å². The van der Waals surface area contributed by atoms with Crippen molar-refractivity contribution in [1.82, 2.24) is 5.16 Å². The minimum absolute atomic E-state index is 0.240. The molecule has 0 spiro atoms. The van der Waals surface area contributed by atoms with E-state index in [0.29, 0.717) is 11.3 Å². The Bertz CT molecular complexity index is 618. The van der Waals surface area contributed by atoms with Crippen molar-refractivity contribution >= 4 is 10.2 Å². The van der Waals surface area contributed by atoms with Crippen molar-refractivity contribution in [1.29, 1.82) is 0 Å². The summed E-state index contributed by atoms with van der Waals surface area (Å²) in [5, 5.41) is 2.67. The van der Waals surface area contributed by atoms with Gasteiger partial charge in [-0.1, -0.05) is 9.04 Å². The molecule has 1 aromatic heterocycles. The van der Waals surface area contributed by atoms with E-state index in [9.17, 15) is 12.3 Å². The van der Waals surface area contributed by atoms with Crippen LogP contribution >= 0.6 is 0 Å². The molecule has 90 valence electrons. The van der Waals surface area contributed by atoms with Crippen molar-refractivity contribution in [2.75, 3.05) is 7.11 Å². The molecule has 0 fully saturated rings. The first kappa shape index (κ1) is 11.6. The van der Waals surface area contributed by atoms with Crippen molar-refractivity contribution < 1.29 is 21.6 Å². The zero-order valence-corrected chi connectivity index (χ0v) is 9.57. The van der Waals surface area contributed by atoms with Gasteiger partial charge in [0.05, 0.1) is 7.11 Å². The van der Waals surface area contributed by atoms with Crippen LogP contribution in [0.5, 0.6) is 5.75 Å².